The number of nitrogens with zero attached hydrogens (tertiary/aromatic N) is 1. The van der Waals surface area contributed by atoms with Gasteiger partial charge in [-0.05, 0) is 37.6 Å². The number of para-hydroxylation sites is 2. The molecular formula is C17H20N2O3. The summed E-state index contributed by atoms with van der Waals surface area (Å²) in [5.41, 5.74) is 1.50. The molecule has 22 heavy (non-hydrogen) atoms. The van der Waals surface area contributed by atoms with Crippen molar-refractivity contribution in [2.24, 2.45) is 0 Å². The minimum Gasteiger partial charge on any atom is -0.493 e. The van der Waals surface area contributed by atoms with Crippen molar-refractivity contribution in [3.8, 4) is 11.5 Å². The fourth-order valence-electron chi connectivity index (χ4n) is 1.98. The minimum atomic E-state index is -0.160. The first-order chi connectivity index (χ1) is 10.6. The molecule has 1 atom stereocenters. The van der Waals surface area contributed by atoms with Gasteiger partial charge in [-0.3, -0.25) is 9.78 Å². The van der Waals surface area contributed by atoms with Gasteiger partial charge in [0.25, 0.3) is 5.91 Å². The number of hydrogen-bond acceptors (Lipinski definition) is 4. The van der Waals surface area contributed by atoms with Crippen molar-refractivity contribution in [3.05, 3.63) is 53.9 Å². The molecule has 0 unspecified atom stereocenters. The van der Waals surface area contributed by atoms with Crippen molar-refractivity contribution in [1.82, 2.24) is 10.3 Å². The third kappa shape index (κ3) is 4.22. The first-order valence-electron chi connectivity index (χ1n) is 7.08. The molecule has 0 aliphatic carbocycles. The minimum absolute atomic E-state index is 0.141. The van der Waals surface area contributed by atoms with Crippen molar-refractivity contribution in [1.29, 1.82) is 0 Å². The molecule has 1 aromatic carbocycles. The number of ether oxygens (including phenoxy) is 2. The maximum absolute atomic E-state index is 12.1. The van der Waals surface area contributed by atoms with Gasteiger partial charge in [-0.2, -0.15) is 0 Å². The third-order valence-electron chi connectivity index (χ3n) is 3.07. The quantitative estimate of drug-likeness (QED) is 0.891. The van der Waals surface area contributed by atoms with Crippen LogP contribution in [0.5, 0.6) is 11.5 Å². The average molecular weight is 300 g/mol. The first-order valence-corrected chi connectivity index (χ1v) is 7.08. The summed E-state index contributed by atoms with van der Waals surface area (Å²) in [5.74, 6) is 1.17. The Hall–Kier alpha value is -2.56. The van der Waals surface area contributed by atoms with Gasteiger partial charge >= 0.3 is 0 Å². The third-order valence-corrected chi connectivity index (χ3v) is 3.07. The van der Waals surface area contributed by atoms with Crippen LogP contribution in [-0.4, -0.2) is 30.6 Å². The highest BCUT2D eigenvalue weighted by Crippen LogP contribution is 2.25. The Morgan fingerprint density at radius 2 is 2.00 bits per heavy atom. The first kappa shape index (κ1) is 15.8. The second-order valence-corrected chi connectivity index (χ2v) is 5.09. The summed E-state index contributed by atoms with van der Waals surface area (Å²) < 4.78 is 10.9. The van der Waals surface area contributed by atoms with Crippen LogP contribution in [0.3, 0.4) is 0 Å². The Morgan fingerprint density at radius 1 is 1.27 bits per heavy atom. The van der Waals surface area contributed by atoms with Crippen LogP contribution in [0.25, 0.3) is 0 Å². The lowest BCUT2D eigenvalue weighted by molar-refractivity contribution is 0.0926. The zero-order valence-electron chi connectivity index (χ0n) is 13.0. The number of aryl methyl sites for hydroxylation is 1. The van der Waals surface area contributed by atoms with E-state index < -0.39 is 0 Å². The number of pyridine rings is 1. The van der Waals surface area contributed by atoms with Gasteiger partial charge in [-0.25, -0.2) is 0 Å². The molecule has 0 saturated heterocycles. The number of amides is 1. The highest BCUT2D eigenvalue weighted by Gasteiger charge is 2.12. The van der Waals surface area contributed by atoms with Crippen LogP contribution in [-0.2, 0) is 0 Å². The molecule has 1 heterocycles. The van der Waals surface area contributed by atoms with Crippen LogP contribution in [0.15, 0.2) is 42.7 Å². The maximum atomic E-state index is 12.1. The van der Waals surface area contributed by atoms with E-state index >= 15 is 0 Å². The molecule has 0 radical (unpaired) electrons. The van der Waals surface area contributed by atoms with E-state index in [2.05, 4.69) is 10.3 Å². The molecule has 2 rings (SSSR count). The van der Waals surface area contributed by atoms with E-state index in [1.807, 2.05) is 38.1 Å². The lowest BCUT2D eigenvalue weighted by Crippen LogP contribution is -2.36. The van der Waals surface area contributed by atoms with Gasteiger partial charge in [-0.15, -0.1) is 0 Å². The number of benzene rings is 1. The summed E-state index contributed by atoms with van der Waals surface area (Å²) in [6, 6.07) is 9.07. The van der Waals surface area contributed by atoms with Crippen molar-refractivity contribution < 1.29 is 14.3 Å². The summed E-state index contributed by atoms with van der Waals surface area (Å²) >= 11 is 0. The predicted molar refractivity (Wildman–Crippen MR) is 84.4 cm³/mol. The average Bonchev–Trinajstić information content (AvgIpc) is 2.53. The molecule has 1 N–H and O–H groups in total. The molecule has 0 fully saturated rings. The van der Waals surface area contributed by atoms with Crippen molar-refractivity contribution in [2.45, 2.75) is 19.9 Å². The number of hydrogen-bond donors (Lipinski definition) is 1. The van der Waals surface area contributed by atoms with E-state index in [1.54, 1.807) is 25.6 Å². The van der Waals surface area contributed by atoms with Gasteiger partial charge in [0.1, 0.15) is 6.61 Å². The standard InChI is InChI=1S/C17H20N2O3/c1-12-8-14(10-18-9-12)17(20)19-13(2)11-22-16-7-5-4-6-15(16)21-3/h4-10,13H,11H2,1-3H3,(H,19,20)/t13-/m1/s1. The number of rotatable bonds is 6. The molecule has 5 heteroatoms. The Bertz CT molecular complexity index is 643. The fraction of sp³-hybridized carbons (Fsp3) is 0.294. The van der Waals surface area contributed by atoms with E-state index in [4.69, 9.17) is 9.47 Å². The van der Waals surface area contributed by atoms with Crippen molar-refractivity contribution in [2.75, 3.05) is 13.7 Å². The molecule has 0 aliphatic heterocycles. The summed E-state index contributed by atoms with van der Waals surface area (Å²) in [7, 11) is 1.60. The summed E-state index contributed by atoms with van der Waals surface area (Å²) in [4.78, 5) is 16.1. The van der Waals surface area contributed by atoms with E-state index in [0.717, 1.165) is 5.56 Å². The summed E-state index contributed by atoms with van der Waals surface area (Å²) in [6.07, 6.45) is 3.27. The van der Waals surface area contributed by atoms with Crippen LogP contribution in [0, 0.1) is 6.92 Å². The van der Waals surface area contributed by atoms with Crippen LogP contribution in [0.4, 0.5) is 0 Å². The molecule has 0 bridgehead atoms. The Balaban J connectivity index is 1.90. The number of nitrogens with one attached hydrogen (secondary N) is 1. The SMILES string of the molecule is COc1ccccc1OC[C@@H](C)NC(=O)c1cncc(C)c1. The highest BCUT2D eigenvalue weighted by molar-refractivity contribution is 5.94. The molecule has 0 saturated carbocycles. The molecule has 2 aromatic rings. The highest BCUT2D eigenvalue weighted by atomic mass is 16.5. The monoisotopic (exact) mass is 300 g/mol. The summed E-state index contributed by atoms with van der Waals surface area (Å²) in [6.45, 7) is 4.14. The second kappa shape index (κ2) is 7.45. The lowest BCUT2D eigenvalue weighted by Gasteiger charge is -2.16. The Morgan fingerprint density at radius 3 is 2.68 bits per heavy atom. The van der Waals surface area contributed by atoms with Crippen LogP contribution < -0.4 is 14.8 Å². The van der Waals surface area contributed by atoms with Gasteiger partial charge in [-0.1, -0.05) is 12.1 Å². The number of carbonyl (C=O) groups is 1. The molecule has 1 amide bonds. The van der Waals surface area contributed by atoms with Gasteiger partial charge in [0, 0.05) is 12.4 Å². The van der Waals surface area contributed by atoms with Gasteiger partial charge in [0.2, 0.25) is 0 Å². The van der Waals surface area contributed by atoms with Crippen LogP contribution >= 0.6 is 0 Å². The van der Waals surface area contributed by atoms with Crippen LogP contribution in [0.1, 0.15) is 22.8 Å². The predicted octanol–water partition coefficient (Wildman–Crippen LogP) is 2.60. The van der Waals surface area contributed by atoms with Crippen molar-refractivity contribution in [3.63, 3.8) is 0 Å². The Kier molecular flexibility index (Phi) is 5.36. The normalized spacial score (nSPS) is 11.6. The smallest absolute Gasteiger partial charge is 0.253 e. The molecule has 116 valence electrons. The fourth-order valence-corrected chi connectivity index (χ4v) is 1.98. The van der Waals surface area contributed by atoms with E-state index in [1.165, 1.54) is 0 Å². The Labute approximate surface area is 130 Å². The maximum Gasteiger partial charge on any atom is 0.253 e. The molecule has 5 nitrogen and oxygen atoms in total. The van der Waals surface area contributed by atoms with E-state index in [9.17, 15) is 4.79 Å². The van der Waals surface area contributed by atoms with Crippen molar-refractivity contribution >= 4 is 5.91 Å². The summed E-state index contributed by atoms with van der Waals surface area (Å²) in [5, 5.41) is 2.89. The largest absolute Gasteiger partial charge is 0.493 e. The van der Waals surface area contributed by atoms with Crippen LogP contribution in [0.2, 0.25) is 0 Å². The molecule has 0 spiro atoms. The van der Waals surface area contributed by atoms with Gasteiger partial charge < -0.3 is 14.8 Å². The zero-order chi connectivity index (χ0) is 15.9. The zero-order valence-corrected chi connectivity index (χ0v) is 13.0. The number of aromatic nitrogens is 1. The lowest BCUT2D eigenvalue weighted by atomic mass is 10.2. The van der Waals surface area contributed by atoms with Gasteiger partial charge in [0.15, 0.2) is 11.5 Å². The van der Waals surface area contributed by atoms with E-state index in [-0.39, 0.29) is 11.9 Å². The molecule has 0 aliphatic rings. The molecular weight excluding hydrogens is 280 g/mol. The second-order valence-electron chi connectivity index (χ2n) is 5.09. The number of carbonyl (C=O) groups excluding carboxylic acids is 1. The molecule has 1 aromatic heterocycles. The topological polar surface area (TPSA) is 60.5 Å². The number of methoxy groups -OCH3 is 1. The van der Waals surface area contributed by atoms with E-state index in [0.29, 0.717) is 23.7 Å². The van der Waals surface area contributed by atoms with Gasteiger partial charge in [0.05, 0.1) is 18.7 Å².